The molecule has 1 unspecified atom stereocenters. The highest BCUT2D eigenvalue weighted by atomic mass is 127. The van der Waals surface area contributed by atoms with Gasteiger partial charge in [-0.25, -0.2) is 0 Å². The molecule has 0 aliphatic heterocycles. The second-order valence-electron chi connectivity index (χ2n) is 5.89. The Bertz CT molecular complexity index is 520. The molecule has 26 heavy (non-hydrogen) atoms. The van der Waals surface area contributed by atoms with E-state index in [1.54, 1.807) is 14.2 Å². The van der Waals surface area contributed by atoms with E-state index in [0.29, 0.717) is 6.54 Å². The van der Waals surface area contributed by atoms with Crippen LogP contribution in [0.4, 0.5) is 0 Å². The third-order valence-electron chi connectivity index (χ3n) is 3.62. The standard InChI is InChI=1S/C18H31BrN4O2.HI/c1-15(25-17-9-6-5-8-16(17)19)14-22-18(20-2)21-10-12-23(3)11-7-13-24-4;/h5-6,8-9,15H,7,10-14H2,1-4H3,(H2,20,21,22);1H. The van der Waals surface area contributed by atoms with Gasteiger partial charge in [0, 0.05) is 40.4 Å². The number of nitrogens with one attached hydrogen (secondary N) is 2. The van der Waals surface area contributed by atoms with E-state index < -0.39 is 0 Å². The summed E-state index contributed by atoms with van der Waals surface area (Å²) in [5.41, 5.74) is 0. The van der Waals surface area contributed by atoms with Crippen molar-refractivity contribution in [3.05, 3.63) is 28.7 Å². The molecule has 0 saturated carbocycles. The third-order valence-corrected chi connectivity index (χ3v) is 4.27. The fourth-order valence-corrected chi connectivity index (χ4v) is 2.59. The van der Waals surface area contributed by atoms with Crippen molar-refractivity contribution in [3.63, 3.8) is 0 Å². The molecule has 8 heteroatoms. The maximum atomic E-state index is 5.93. The highest BCUT2D eigenvalue weighted by Crippen LogP contribution is 2.24. The minimum Gasteiger partial charge on any atom is -0.488 e. The first-order valence-electron chi connectivity index (χ1n) is 8.60. The maximum absolute atomic E-state index is 5.93. The summed E-state index contributed by atoms with van der Waals surface area (Å²) >= 11 is 3.49. The lowest BCUT2D eigenvalue weighted by Crippen LogP contribution is -2.44. The lowest BCUT2D eigenvalue weighted by molar-refractivity contribution is 0.180. The number of likely N-dealkylation sites (N-methyl/N-ethyl adjacent to an activating group) is 1. The summed E-state index contributed by atoms with van der Waals surface area (Å²) in [6.45, 7) is 6.32. The summed E-state index contributed by atoms with van der Waals surface area (Å²) in [5.74, 6) is 1.63. The molecule has 1 rings (SSSR count). The molecule has 1 aromatic rings. The third kappa shape index (κ3) is 11.2. The van der Waals surface area contributed by atoms with Crippen molar-refractivity contribution in [1.29, 1.82) is 0 Å². The van der Waals surface area contributed by atoms with Gasteiger partial charge in [-0.3, -0.25) is 4.99 Å². The molecule has 0 radical (unpaired) electrons. The minimum absolute atomic E-state index is 0. The summed E-state index contributed by atoms with van der Waals surface area (Å²) < 4.78 is 12.0. The molecule has 0 spiro atoms. The second kappa shape index (κ2) is 15.5. The molecule has 6 nitrogen and oxygen atoms in total. The Kier molecular flexibility index (Phi) is 15.1. The number of rotatable bonds is 11. The number of hydrogen-bond donors (Lipinski definition) is 2. The largest absolute Gasteiger partial charge is 0.488 e. The number of benzene rings is 1. The van der Waals surface area contributed by atoms with Crippen LogP contribution in [0.3, 0.4) is 0 Å². The van der Waals surface area contributed by atoms with Crippen LogP contribution in [0.5, 0.6) is 5.75 Å². The summed E-state index contributed by atoms with van der Waals surface area (Å²) in [6.07, 6.45) is 1.07. The van der Waals surface area contributed by atoms with Gasteiger partial charge in [0.05, 0.1) is 11.0 Å². The lowest BCUT2D eigenvalue weighted by Gasteiger charge is -2.20. The molecule has 0 heterocycles. The van der Waals surface area contributed by atoms with Crippen LogP contribution in [0, 0.1) is 0 Å². The summed E-state index contributed by atoms with van der Waals surface area (Å²) in [4.78, 5) is 6.52. The molecule has 1 atom stereocenters. The van der Waals surface area contributed by atoms with Crippen LogP contribution in [0.1, 0.15) is 13.3 Å². The number of halogens is 2. The van der Waals surface area contributed by atoms with Gasteiger partial charge in [-0.15, -0.1) is 24.0 Å². The van der Waals surface area contributed by atoms with Crippen molar-refractivity contribution < 1.29 is 9.47 Å². The molecule has 0 aliphatic carbocycles. The fraction of sp³-hybridized carbons (Fsp3) is 0.611. The predicted molar refractivity (Wildman–Crippen MR) is 123 cm³/mol. The molecule has 0 bridgehead atoms. The van der Waals surface area contributed by atoms with Crippen LogP contribution in [-0.2, 0) is 4.74 Å². The molecule has 2 N–H and O–H groups in total. The van der Waals surface area contributed by atoms with Gasteiger partial charge in [0.2, 0.25) is 0 Å². The maximum Gasteiger partial charge on any atom is 0.191 e. The molecule has 0 fully saturated rings. The van der Waals surface area contributed by atoms with Gasteiger partial charge < -0.3 is 25.0 Å². The topological polar surface area (TPSA) is 58.1 Å². The average molecular weight is 543 g/mol. The molecular weight excluding hydrogens is 511 g/mol. The first-order valence-corrected chi connectivity index (χ1v) is 9.39. The smallest absolute Gasteiger partial charge is 0.191 e. The number of ether oxygens (including phenoxy) is 2. The van der Waals surface area contributed by atoms with Crippen LogP contribution in [0.2, 0.25) is 0 Å². The Hall–Kier alpha value is -0.580. The van der Waals surface area contributed by atoms with Gasteiger partial charge in [-0.1, -0.05) is 12.1 Å². The van der Waals surface area contributed by atoms with Gasteiger partial charge in [0.15, 0.2) is 5.96 Å². The van der Waals surface area contributed by atoms with Gasteiger partial charge >= 0.3 is 0 Å². The van der Waals surface area contributed by atoms with Gasteiger partial charge in [-0.05, 0) is 48.5 Å². The van der Waals surface area contributed by atoms with E-state index in [0.717, 1.165) is 48.8 Å². The Morgan fingerprint density at radius 2 is 2.00 bits per heavy atom. The van der Waals surface area contributed by atoms with Gasteiger partial charge in [0.1, 0.15) is 11.9 Å². The minimum atomic E-state index is 0. The number of guanidine groups is 1. The quantitative estimate of drug-likeness (QED) is 0.195. The SMILES string of the molecule is CN=C(NCCN(C)CCCOC)NCC(C)Oc1ccccc1Br.I. The van der Waals surface area contributed by atoms with E-state index in [1.165, 1.54) is 0 Å². The molecule has 0 aliphatic rings. The van der Waals surface area contributed by atoms with Crippen molar-refractivity contribution in [2.45, 2.75) is 19.4 Å². The van der Waals surface area contributed by atoms with E-state index in [4.69, 9.17) is 9.47 Å². The molecule has 0 saturated heterocycles. The summed E-state index contributed by atoms with van der Waals surface area (Å²) in [6, 6.07) is 7.86. The molecule has 0 aromatic heterocycles. The summed E-state index contributed by atoms with van der Waals surface area (Å²) in [7, 11) is 5.62. The van der Waals surface area contributed by atoms with Gasteiger partial charge in [-0.2, -0.15) is 0 Å². The Balaban J connectivity index is 0.00000625. The predicted octanol–water partition coefficient (Wildman–Crippen LogP) is 2.97. The Morgan fingerprint density at radius 1 is 1.27 bits per heavy atom. The zero-order valence-electron chi connectivity index (χ0n) is 16.1. The monoisotopic (exact) mass is 542 g/mol. The van der Waals surface area contributed by atoms with E-state index in [1.807, 2.05) is 31.2 Å². The van der Waals surface area contributed by atoms with Crippen molar-refractivity contribution in [1.82, 2.24) is 15.5 Å². The van der Waals surface area contributed by atoms with E-state index in [-0.39, 0.29) is 30.1 Å². The normalized spacial score (nSPS) is 12.5. The van der Waals surface area contributed by atoms with Crippen LogP contribution in [-0.4, -0.2) is 71.0 Å². The van der Waals surface area contributed by atoms with Crippen molar-refractivity contribution in [2.24, 2.45) is 4.99 Å². The van der Waals surface area contributed by atoms with Crippen molar-refractivity contribution in [2.75, 3.05) is 54.0 Å². The molecule has 0 amide bonds. The zero-order chi connectivity index (χ0) is 18.5. The lowest BCUT2D eigenvalue weighted by atomic mass is 10.3. The number of aliphatic imine (C=N–C) groups is 1. The van der Waals surface area contributed by atoms with E-state index >= 15 is 0 Å². The molecule has 1 aromatic carbocycles. The van der Waals surface area contributed by atoms with Crippen LogP contribution < -0.4 is 15.4 Å². The first-order chi connectivity index (χ1) is 12.1. The van der Waals surface area contributed by atoms with Crippen LogP contribution in [0.25, 0.3) is 0 Å². The van der Waals surface area contributed by atoms with Crippen LogP contribution in [0.15, 0.2) is 33.7 Å². The molecular formula is C18H32BrIN4O2. The highest BCUT2D eigenvalue weighted by Gasteiger charge is 2.08. The average Bonchev–Trinajstić information content (AvgIpc) is 2.60. The number of para-hydroxylation sites is 1. The zero-order valence-corrected chi connectivity index (χ0v) is 20.0. The van der Waals surface area contributed by atoms with Crippen molar-refractivity contribution >= 4 is 45.9 Å². The van der Waals surface area contributed by atoms with Gasteiger partial charge in [0.25, 0.3) is 0 Å². The number of methoxy groups -OCH3 is 1. The van der Waals surface area contributed by atoms with E-state index in [9.17, 15) is 0 Å². The second-order valence-corrected chi connectivity index (χ2v) is 6.74. The molecule has 150 valence electrons. The Morgan fingerprint density at radius 3 is 2.65 bits per heavy atom. The Labute approximate surface area is 183 Å². The van der Waals surface area contributed by atoms with Crippen LogP contribution >= 0.6 is 39.9 Å². The number of hydrogen-bond acceptors (Lipinski definition) is 4. The fourth-order valence-electron chi connectivity index (χ4n) is 2.22. The first kappa shape index (κ1) is 25.4. The number of nitrogens with zero attached hydrogens (tertiary/aromatic N) is 2. The highest BCUT2D eigenvalue weighted by molar-refractivity contribution is 14.0. The van der Waals surface area contributed by atoms with Crippen molar-refractivity contribution in [3.8, 4) is 5.75 Å². The summed E-state index contributed by atoms with van der Waals surface area (Å²) in [5, 5.41) is 6.62. The van der Waals surface area contributed by atoms with E-state index in [2.05, 4.69) is 43.5 Å².